The maximum absolute atomic E-state index is 13.1. The van der Waals surface area contributed by atoms with Crippen molar-refractivity contribution >= 4 is 12.0 Å². The van der Waals surface area contributed by atoms with Crippen LogP contribution in [0, 0.1) is 5.92 Å². The highest BCUT2D eigenvalue weighted by molar-refractivity contribution is 5.77. The van der Waals surface area contributed by atoms with Crippen LogP contribution in [0.3, 0.4) is 0 Å². The first-order valence-corrected chi connectivity index (χ1v) is 11.7. The standard InChI is InChI=1S/C26H41NO/c1-4-6-8-17-25(20-24-15-9-7-10-16-24)21-27(22(3)5-2)26(28)19-18-23-13-11-12-14-23/h7,9-10,15-16,20,22-23H,4-6,8,11-14,17-19,21H2,1-3H3/b25-20+. The Kier molecular flexibility index (Phi) is 10.4. The molecule has 0 N–H and O–H groups in total. The molecule has 2 rings (SSSR count). The van der Waals surface area contributed by atoms with Gasteiger partial charge in [0.2, 0.25) is 5.91 Å². The van der Waals surface area contributed by atoms with Crippen LogP contribution in [0.15, 0.2) is 35.9 Å². The second-order valence-electron chi connectivity index (χ2n) is 8.64. The summed E-state index contributed by atoms with van der Waals surface area (Å²) in [4.78, 5) is 15.3. The van der Waals surface area contributed by atoms with E-state index >= 15 is 0 Å². The SMILES string of the molecule is CCCCC/C(=C\c1ccccc1)CN(C(=O)CCC1CCCC1)C(C)CC. The molecule has 2 nitrogen and oxygen atoms in total. The third kappa shape index (κ3) is 7.81. The van der Waals surface area contributed by atoms with Crippen LogP contribution >= 0.6 is 0 Å². The van der Waals surface area contributed by atoms with E-state index in [2.05, 4.69) is 62.1 Å². The van der Waals surface area contributed by atoms with Gasteiger partial charge in [0.05, 0.1) is 0 Å². The lowest BCUT2D eigenvalue weighted by molar-refractivity contribution is -0.133. The Morgan fingerprint density at radius 2 is 1.82 bits per heavy atom. The fourth-order valence-corrected chi connectivity index (χ4v) is 4.28. The second kappa shape index (κ2) is 12.8. The number of unbranched alkanes of at least 4 members (excludes halogenated alkanes) is 2. The quantitative estimate of drug-likeness (QED) is 0.348. The molecule has 156 valence electrons. The number of hydrogen-bond acceptors (Lipinski definition) is 1. The van der Waals surface area contributed by atoms with E-state index in [1.54, 1.807) is 0 Å². The molecule has 0 spiro atoms. The van der Waals surface area contributed by atoms with Crippen LogP contribution in [0.25, 0.3) is 6.08 Å². The van der Waals surface area contributed by atoms with Crippen LogP contribution in [0.5, 0.6) is 0 Å². The first-order chi connectivity index (χ1) is 13.6. The molecule has 1 unspecified atom stereocenters. The lowest BCUT2D eigenvalue weighted by atomic mass is 9.99. The zero-order valence-corrected chi connectivity index (χ0v) is 18.5. The van der Waals surface area contributed by atoms with Gasteiger partial charge in [-0.1, -0.05) is 94.4 Å². The molecule has 1 aliphatic carbocycles. The number of carbonyl (C=O) groups excluding carboxylic acids is 1. The molecule has 0 radical (unpaired) electrons. The van der Waals surface area contributed by atoms with Gasteiger partial charge in [0, 0.05) is 19.0 Å². The van der Waals surface area contributed by atoms with Crippen LogP contribution in [0.2, 0.25) is 0 Å². The van der Waals surface area contributed by atoms with Crippen LogP contribution in [0.4, 0.5) is 0 Å². The molecule has 1 aromatic rings. The van der Waals surface area contributed by atoms with Crippen molar-refractivity contribution in [3.05, 3.63) is 41.5 Å². The summed E-state index contributed by atoms with van der Waals surface area (Å²) in [6.45, 7) is 7.44. The molecule has 2 heteroatoms. The number of hydrogen-bond donors (Lipinski definition) is 0. The summed E-state index contributed by atoms with van der Waals surface area (Å²) in [6, 6.07) is 10.9. The average molecular weight is 384 g/mol. The van der Waals surface area contributed by atoms with Gasteiger partial charge in [-0.05, 0) is 44.1 Å². The van der Waals surface area contributed by atoms with Gasteiger partial charge in [0.25, 0.3) is 0 Å². The van der Waals surface area contributed by atoms with Crippen LogP contribution < -0.4 is 0 Å². The van der Waals surface area contributed by atoms with Crippen LogP contribution in [-0.2, 0) is 4.79 Å². The van der Waals surface area contributed by atoms with E-state index in [1.165, 1.54) is 56.1 Å². The number of rotatable bonds is 12. The minimum Gasteiger partial charge on any atom is -0.336 e. The van der Waals surface area contributed by atoms with Gasteiger partial charge < -0.3 is 4.90 Å². The first-order valence-electron chi connectivity index (χ1n) is 11.7. The molecule has 1 aliphatic rings. The van der Waals surface area contributed by atoms with Gasteiger partial charge in [-0.15, -0.1) is 0 Å². The molecule has 0 bridgehead atoms. The fraction of sp³-hybridized carbons (Fsp3) is 0.654. The lowest BCUT2D eigenvalue weighted by Gasteiger charge is -2.30. The van der Waals surface area contributed by atoms with Crippen molar-refractivity contribution < 1.29 is 4.79 Å². The monoisotopic (exact) mass is 383 g/mol. The van der Waals surface area contributed by atoms with Gasteiger partial charge in [-0.25, -0.2) is 0 Å². The van der Waals surface area contributed by atoms with E-state index in [-0.39, 0.29) is 0 Å². The van der Waals surface area contributed by atoms with E-state index in [0.29, 0.717) is 11.9 Å². The van der Waals surface area contributed by atoms with Gasteiger partial charge >= 0.3 is 0 Å². The van der Waals surface area contributed by atoms with Crippen molar-refractivity contribution in [1.29, 1.82) is 0 Å². The largest absolute Gasteiger partial charge is 0.336 e. The number of carbonyl (C=O) groups is 1. The van der Waals surface area contributed by atoms with Crippen molar-refractivity contribution in [2.24, 2.45) is 5.92 Å². The summed E-state index contributed by atoms with van der Waals surface area (Å²) in [5, 5.41) is 0. The Labute approximate surface area is 173 Å². The Hall–Kier alpha value is -1.57. The molecule has 1 atom stereocenters. The normalized spacial score (nSPS) is 16.3. The molecule has 1 amide bonds. The fourth-order valence-electron chi connectivity index (χ4n) is 4.28. The zero-order valence-electron chi connectivity index (χ0n) is 18.5. The molecule has 0 saturated heterocycles. The Morgan fingerprint density at radius 3 is 2.46 bits per heavy atom. The Balaban J connectivity index is 2.07. The summed E-state index contributed by atoms with van der Waals surface area (Å²) >= 11 is 0. The Morgan fingerprint density at radius 1 is 1.11 bits per heavy atom. The number of nitrogens with zero attached hydrogens (tertiary/aromatic N) is 1. The second-order valence-corrected chi connectivity index (χ2v) is 8.64. The maximum atomic E-state index is 13.1. The molecule has 28 heavy (non-hydrogen) atoms. The highest BCUT2D eigenvalue weighted by atomic mass is 16.2. The van der Waals surface area contributed by atoms with Gasteiger partial charge in [-0.3, -0.25) is 4.79 Å². The summed E-state index contributed by atoms with van der Waals surface area (Å²) in [5.74, 6) is 1.14. The molecule has 1 saturated carbocycles. The summed E-state index contributed by atoms with van der Waals surface area (Å²) in [5.41, 5.74) is 2.64. The van der Waals surface area contributed by atoms with E-state index < -0.39 is 0 Å². The smallest absolute Gasteiger partial charge is 0.223 e. The lowest BCUT2D eigenvalue weighted by Crippen LogP contribution is -2.39. The highest BCUT2D eigenvalue weighted by Crippen LogP contribution is 2.29. The summed E-state index contributed by atoms with van der Waals surface area (Å²) < 4.78 is 0. The van der Waals surface area contributed by atoms with E-state index in [4.69, 9.17) is 0 Å². The van der Waals surface area contributed by atoms with Crippen molar-refractivity contribution in [3.63, 3.8) is 0 Å². The van der Waals surface area contributed by atoms with Crippen molar-refractivity contribution in [3.8, 4) is 0 Å². The maximum Gasteiger partial charge on any atom is 0.223 e. The first kappa shape index (κ1) is 22.7. The molecule has 0 aromatic heterocycles. The van der Waals surface area contributed by atoms with E-state index in [9.17, 15) is 4.79 Å². The molecular formula is C26H41NO. The average Bonchev–Trinajstić information content (AvgIpc) is 3.24. The van der Waals surface area contributed by atoms with Crippen LogP contribution in [0.1, 0.15) is 97.0 Å². The topological polar surface area (TPSA) is 20.3 Å². The Bertz CT molecular complexity index is 586. The molecule has 0 aliphatic heterocycles. The van der Waals surface area contributed by atoms with Crippen molar-refractivity contribution in [2.45, 2.75) is 97.4 Å². The predicted octanol–water partition coefficient (Wildman–Crippen LogP) is 7.25. The highest BCUT2D eigenvalue weighted by Gasteiger charge is 2.22. The molecular weight excluding hydrogens is 342 g/mol. The summed E-state index contributed by atoms with van der Waals surface area (Å²) in [7, 11) is 0. The minimum absolute atomic E-state index is 0.307. The zero-order chi connectivity index (χ0) is 20.2. The van der Waals surface area contributed by atoms with Gasteiger partial charge in [0.1, 0.15) is 0 Å². The number of benzene rings is 1. The minimum atomic E-state index is 0.307. The molecule has 1 aromatic carbocycles. The summed E-state index contributed by atoms with van der Waals surface area (Å²) in [6.07, 6.45) is 15.3. The van der Waals surface area contributed by atoms with Gasteiger partial charge in [0.15, 0.2) is 0 Å². The third-order valence-electron chi connectivity index (χ3n) is 6.33. The number of amides is 1. The van der Waals surface area contributed by atoms with E-state index in [1.807, 2.05) is 0 Å². The molecule has 0 heterocycles. The van der Waals surface area contributed by atoms with Crippen LogP contribution in [-0.4, -0.2) is 23.4 Å². The molecule has 1 fully saturated rings. The van der Waals surface area contributed by atoms with Gasteiger partial charge in [-0.2, -0.15) is 0 Å². The predicted molar refractivity (Wildman–Crippen MR) is 121 cm³/mol. The van der Waals surface area contributed by atoms with Crippen molar-refractivity contribution in [1.82, 2.24) is 4.90 Å². The van der Waals surface area contributed by atoms with Crippen molar-refractivity contribution in [2.75, 3.05) is 6.54 Å². The third-order valence-corrected chi connectivity index (χ3v) is 6.33. The van der Waals surface area contributed by atoms with E-state index in [0.717, 1.165) is 38.1 Å².